The van der Waals surface area contributed by atoms with Gasteiger partial charge in [0.25, 0.3) is 11.5 Å². The number of aromatic nitrogens is 2. The zero-order chi connectivity index (χ0) is 21.8. The van der Waals surface area contributed by atoms with Crippen molar-refractivity contribution in [3.63, 3.8) is 0 Å². The number of aliphatic hydroxyl groups is 1. The van der Waals surface area contributed by atoms with E-state index in [0.717, 1.165) is 29.5 Å². The van der Waals surface area contributed by atoms with Crippen LogP contribution in [0.1, 0.15) is 22.3 Å². The van der Waals surface area contributed by atoms with Crippen molar-refractivity contribution < 1.29 is 15.1 Å². The molecule has 7 nitrogen and oxygen atoms in total. The van der Waals surface area contributed by atoms with E-state index in [0.29, 0.717) is 11.2 Å². The molecular formula is C24H22ClN3O4. The topological polar surface area (TPSA) is 115 Å². The first-order valence-corrected chi connectivity index (χ1v) is 9.88. The van der Waals surface area contributed by atoms with E-state index in [1.54, 1.807) is 11.5 Å². The third-order valence-electron chi connectivity index (χ3n) is 5.17. The maximum Gasteiger partial charge on any atom is 0.275 e. The molecule has 0 saturated carbocycles. The second kappa shape index (κ2) is 10.2. The van der Waals surface area contributed by atoms with Crippen molar-refractivity contribution in [2.75, 3.05) is 6.61 Å². The Morgan fingerprint density at radius 2 is 1.59 bits per heavy atom. The van der Waals surface area contributed by atoms with Crippen molar-refractivity contribution >= 4 is 29.2 Å². The number of carbonyl (C=O) groups excluding carboxylic acids is 1. The van der Waals surface area contributed by atoms with Crippen molar-refractivity contribution in [2.45, 2.75) is 12.8 Å². The average Bonchev–Trinajstić information content (AvgIpc) is 2.82. The second-order valence-electron chi connectivity index (χ2n) is 7.16. The minimum absolute atomic E-state index is 0. The number of amides is 1. The number of aryl methyl sites for hydroxylation is 1. The number of hydrogen-bond donors (Lipinski definition) is 4. The molecule has 4 aromatic rings. The SMILES string of the molecule is Cl.O=C(NO)c1cc(-c2ccc(-c3ccc(CCCO)cc3)cc2)nc2cc[nH]c(=O)c12. The lowest BCUT2D eigenvalue weighted by molar-refractivity contribution is 0.0708. The van der Waals surface area contributed by atoms with Gasteiger partial charge in [-0.05, 0) is 41.7 Å². The molecule has 0 aliphatic heterocycles. The molecule has 0 saturated heterocycles. The molecule has 2 heterocycles. The molecule has 0 bridgehead atoms. The third kappa shape index (κ3) is 4.70. The lowest BCUT2D eigenvalue weighted by Crippen LogP contribution is -2.22. The highest BCUT2D eigenvalue weighted by Crippen LogP contribution is 2.27. The van der Waals surface area contributed by atoms with E-state index in [1.807, 2.05) is 36.4 Å². The maximum absolute atomic E-state index is 12.2. The van der Waals surface area contributed by atoms with Gasteiger partial charge in [-0.25, -0.2) is 10.5 Å². The third-order valence-corrected chi connectivity index (χ3v) is 5.17. The largest absolute Gasteiger partial charge is 0.396 e. The quantitative estimate of drug-likeness (QED) is 0.263. The summed E-state index contributed by atoms with van der Waals surface area (Å²) in [5.74, 6) is -0.775. The minimum atomic E-state index is -0.775. The summed E-state index contributed by atoms with van der Waals surface area (Å²) in [5.41, 5.74) is 6.12. The molecule has 0 aliphatic rings. The fourth-order valence-corrected chi connectivity index (χ4v) is 3.56. The van der Waals surface area contributed by atoms with E-state index in [4.69, 9.17) is 10.3 Å². The van der Waals surface area contributed by atoms with Crippen LogP contribution in [0, 0.1) is 0 Å². The Morgan fingerprint density at radius 3 is 2.22 bits per heavy atom. The zero-order valence-electron chi connectivity index (χ0n) is 17.0. The van der Waals surface area contributed by atoms with Crippen LogP contribution < -0.4 is 11.0 Å². The van der Waals surface area contributed by atoms with Gasteiger partial charge in [-0.1, -0.05) is 48.5 Å². The van der Waals surface area contributed by atoms with Gasteiger partial charge in [-0.3, -0.25) is 14.8 Å². The average molecular weight is 452 g/mol. The van der Waals surface area contributed by atoms with Gasteiger partial charge in [0.2, 0.25) is 0 Å². The first-order chi connectivity index (χ1) is 15.1. The summed E-state index contributed by atoms with van der Waals surface area (Å²) < 4.78 is 0. The Balaban J connectivity index is 0.00000289. The van der Waals surface area contributed by atoms with Crippen LogP contribution in [0.4, 0.5) is 0 Å². The predicted molar refractivity (Wildman–Crippen MR) is 125 cm³/mol. The molecule has 8 heteroatoms. The van der Waals surface area contributed by atoms with Gasteiger partial charge in [0.1, 0.15) is 0 Å². The number of rotatable bonds is 6. The molecule has 0 spiro atoms. The monoisotopic (exact) mass is 451 g/mol. The van der Waals surface area contributed by atoms with E-state index in [-0.39, 0.29) is 30.0 Å². The fraction of sp³-hybridized carbons (Fsp3) is 0.125. The smallest absolute Gasteiger partial charge is 0.275 e. The number of halogens is 1. The van der Waals surface area contributed by atoms with Gasteiger partial charge in [0.05, 0.1) is 22.2 Å². The number of benzene rings is 2. The molecule has 1 amide bonds. The van der Waals surface area contributed by atoms with E-state index in [9.17, 15) is 9.59 Å². The van der Waals surface area contributed by atoms with Gasteiger partial charge in [0, 0.05) is 18.4 Å². The van der Waals surface area contributed by atoms with Gasteiger partial charge >= 0.3 is 0 Å². The van der Waals surface area contributed by atoms with Crippen LogP contribution in [0.25, 0.3) is 33.3 Å². The number of hydroxylamine groups is 1. The molecule has 0 atom stereocenters. The van der Waals surface area contributed by atoms with Crippen LogP contribution in [0.5, 0.6) is 0 Å². The first-order valence-electron chi connectivity index (χ1n) is 9.88. The molecule has 2 aromatic carbocycles. The number of carbonyl (C=O) groups is 1. The summed E-state index contributed by atoms with van der Waals surface area (Å²) in [6.45, 7) is 0.183. The standard InChI is InChI=1S/C24H21N3O4.ClH/c28-13-1-2-15-3-5-16(6-4-15)17-7-9-18(10-8-17)21-14-19(23(29)27-31)22-20(26-21)11-12-25-24(22)30;/h3-12,14,28,31H,1-2,13H2,(H,25,30)(H,27,29);1H. The predicted octanol–water partition coefficient (Wildman–Crippen LogP) is 3.72. The van der Waals surface area contributed by atoms with E-state index in [1.165, 1.54) is 17.8 Å². The molecule has 164 valence electrons. The number of aliphatic hydroxyl groups excluding tert-OH is 1. The van der Waals surface area contributed by atoms with Crippen LogP contribution in [0.15, 0.2) is 71.7 Å². The summed E-state index contributed by atoms with van der Waals surface area (Å²) in [6.07, 6.45) is 3.06. The van der Waals surface area contributed by atoms with E-state index >= 15 is 0 Å². The summed E-state index contributed by atoms with van der Waals surface area (Å²) in [6, 6.07) is 19.0. The summed E-state index contributed by atoms with van der Waals surface area (Å²) in [5, 5.41) is 18.2. The van der Waals surface area contributed by atoms with Crippen LogP contribution >= 0.6 is 12.4 Å². The Morgan fingerprint density at radius 1 is 0.969 bits per heavy atom. The Labute approximate surface area is 190 Å². The summed E-state index contributed by atoms with van der Waals surface area (Å²) >= 11 is 0. The van der Waals surface area contributed by atoms with Gasteiger partial charge in [-0.2, -0.15) is 0 Å². The number of nitrogens with one attached hydrogen (secondary N) is 2. The first kappa shape index (κ1) is 23.1. The number of H-pyrrole nitrogens is 1. The molecule has 4 rings (SSSR count). The summed E-state index contributed by atoms with van der Waals surface area (Å²) in [7, 11) is 0. The lowest BCUT2D eigenvalue weighted by Gasteiger charge is -2.09. The molecule has 2 aromatic heterocycles. The Hall–Kier alpha value is -3.52. The van der Waals surface area contributed by atoms with Crippen LogP contribution in [0.3, 0.4) is 0 Å². The van der Waals surface area contributed by atoms with Crippen molar-refractivity contribution in [2.24, 2.45) is 0 Å². The number of nitrogens with zero attached hydrogens (tertiary/aromatic N) is 1. The van der Waals surface area contributed by atoms with Gasteiger partial charge < -0.3 is 10.1 Å². The Kier molecular flexibility index (Phi) is 7.37. The molecular weight excluding hydrogens is 430 g/mol. The number of aromatic amines is 1. The fourth-order valence-electron chi connectivity index (χ4n) is 3.56. The number of hydrogen-bond acceptors (Lipinski definition) is 5. The van der Waals surface area contributed by atoms with Crippen LogP contribution in [-0.4, -0.2) is 32.8 Å². The number of fused-ring (bicyclic) bond motifs is 1. The van der Waals surface area contributed by atoms with Crippen molar-refractivity contribution in [3.05, 3.63) is 88.3 Å². The second-order valence-corrected chi connectivity index (χ2v) is 7.16. The molecule has 4 N–H and O–H groups in total. The molecule has 0 aliphatic carbocycles. The molecule has 0 fully saturated rings. The van der Waals surface area contributed by atoms with Crippen LogP contribution in [-0.2, 0) is 6.42 Å². The normalized spacial score (nSPS) is 10.6. The molecule has 0 unspecified atom stereocenters. The maximum atomic E-state index is 12.2. The highest BCUT2D eigenvalue weighted by Gasteiger charge is 2.16. The van der Waals surface area contributed by atoms with Crippen molar-refractivity contribution in [1.82, 2.24) is 15.4 Å². The van der Waals surface area contributed by atoms with E-state index < -0.39 is 11.5 Å². The molecule has 32 heavy (non-hydrogen) atoms. The van der Waals surface area contributed by atoms with E-state index in [2.05, 4.69) is 22.1 Å². The highest BCUT2D eigenvalue weighted by molar-refractivity contribution is 6.06. The van der Waals surface area contributed by atoms with Gasteiger partial charge in [0.15, 0.2) is 0 Å². The number of pyridine rings is 2. The highest BCUT2D eigenvalue weighted by atomic mass is 35.5. The van der Waals surface area contributed by atoms with Crippen LogP contribution in [0.2, 0.25) is 0 Å². The molecule has 0 radical (unpaired) electrons. The Bertz CT molecular complexity index is 1290. The van der Waals surface area contributed by atoms with Crippen molar-refractivity contribution in [1.29, 1.82) is 0 Å². The van der Waals surface area contributed by atoms with Crippen molar-refractivity contribution in [3.8, 4) is 22.4 Å². The zero-order valence-corrected chi connectivity index (χ0v) is 17.9. The minimum Gasteiger partial charge on any atom is -0.396 e. The summed E-state index contributed by atoms with van der Waals surface area (Å²) in [4.78, 5) is 31.4. The van der Waals surface area contributed by atoms with Gasteiger partial charge in [-0.15, -0.1) is 12.4 Å². The lowest BCUT2D eigenvalue weighted by atomic mass is 9.99.